The number of esters is 5. The first-order chi connectivity index (χ1) is 67.1. The molecule has 0 amide bonds. The van der Waals surface area contributed by atoms with Gasteiger partial charge in [0.25, 0.3) is 5.56 Å². The summed E-state index contributed by atoms with van der Waals surface area (Å²) in [6.07, 6.45) is 1.00. The predicted octanol–water partition coefficient (Wildman–Crippen LogP) is 24.8. The minimum Gasteiger partial charge on any atom is -0.462 e. The van der Waals surface area contributed by atoms with Crippen LogP contribution in [0, 0.1) is 0 Å². The zero-order valence-electron chi connectivity index (χ0n) is 76.5. The lowest BCUT2D eigenvalue weighted by molar-refractivity contribution is 0.0516. The van der Waals surface area contributed by atoms with E-state index < -0.39 is 23.0 Å². The molecule has 9 N–H and O–H groups in total. The molecule has 140 heavy (non-hydrogen) atoms. The van der Waals surface area contributed by atoms with Crippen molar-refractivity contribution in [3.8, 4) is 73.1 Å². The molecule has 7 aromatic carbocycles. The molecule has 0 radical (unpaired) electrons. The van der Waals surface area contributed by atoms with Crippen molar-refractivity contribution in [3.63, 3.8) is 0 Å². The highest BCUT2D eigenvalue weighted by Crippen LogP contribution is 2.49. The highest BCUT2D eigenvalue weighted by Gasteiger charge is 2.30. The number of ketones is 1. The number of carbonyl (C=O) groups is 6. The number of nitrogen functional groups attached to an aromatic ring is 3. The van der Waals surface area contributed by atoms with E-state index in [4.69, 9.17) is 128 Å². The van der Waals surface area contributed by atoms with Crippen LogP contribution in [0.25, 0.3) is 83.3 Å². The summed E-state index contributed by atoms with van der Waals surface area (Å²) >= 11 is 50.7. The van der Waals surface area contributed by atoms with Gasteiger partial charge in [-0.2, -0.15) is 0 Å². The van der Waals surface area contributed by atoms with E-state index in [2.05, 4.69) is 34.0 Å². The number of amidine groups is 1. The Morgan fingerprint density at radius 2 is 0.729 bits per heavy atom. The monoisotopic (exact) mass is 2160 g/mol. The van der Waals surface area contributed by atoms with Gasteiger partial charge in [-0.25, -0.2) is 48.3 Å². The van der Waals surface area contributed by atoms with Crippen molar-refractivity contribution in [2.75, 3.05) is 88.2 Å². The van der Waals surface area contributed by atoms with Crippen LogP contribution in [0.2, 0.25) is 20.1 Å². The Balaban J connectivity index is 0.000000165. The summed E-state index contributed by atoms with van der Waals surface area (Å²) in [7, 11) is 7.64. The fourth-order valence-electron chi connectivity index (χ4n) is 12.8. The lowest BCUT2D eigenvalue weighted by Gasteiger charge is -2.11. The third-order valence-corrected chi connectivity index (χ3v) is 30.4. The molecule has 16 aromatic rings. The number of aromatic amines is 1. The van der Waals surface area contributed by atoms with Crippen LogP contribution in [0.15, 0.2) is 255 Å². The second kappa shape index (κ2) is 52.7. The Morgan fingerprint density at radius 3 is 1.14 bits per heavy atom. The minimum atomic E-state index is -1.16. The number of nitrogens with zero attached hydrogens (tertiary/aromatic N) is 7. The molecule has 0 atom stereocenters. The molecular formula is C99H91Cl7N12O15S7. The molecule has 0 aliphatic carbocycles. The van der Waals surface area contributed by atoms with Gasteiger partial charge in [0.2, 0.25) is 5.95 Å². The Labute approximate surface area is 867 Å². The number of thiophene rings is 7. The fourth-order valence-corrected chi connectivity index (χ4v) is 22.5. The van der Waals surface area contributed by atoms with Gasteiger partial charge in [-0.1, -0.05) is 266 Å². The number of carbonyl (C=O) groups excluding carboxylic acids is 6. The number of halogens is 7. The van der Waals surface area contributed by atoms with Crippen LogP contribution < -0.4 is 55.4 Å². The van der Waals surface area contributed by atoms with Crippen molar-refractivity contribution in [1.29, 1.82) is 0 Å². The summed E-state index contributed by atoms with van der Waals surface area (Å²) in [5.41, 5.74) is 29.3. The minimum absolute atomic E-state index is 0.0547. The van der Waals surface area contributed by atoms with Gasteiger partial charge >= 0.3 is 46.9 Å². The summed E-state index contributed by atoms with van der Waals surface area (Å²) < 4.78 is 25.4. The van der Waals surface area contributed by atoms with E-state index in [1.54, 1.807) is 49.5 Å². The van der Waals surface area contributed by atoms with Crippen molar-refractivity contribution < 1.29 is 52.5 Å². The number of aliphatic imine (C=N–C) groups is 1. The maximum Gasteiger partial charge on any atom is 0.366 e. The van der Waals surface area contributed by atoms with Gasteiger partial charge in [0.1, 0.15) is 46.8 Å². The Kier molecular flexibility index (Phi) is 41.2. The molecule has 9 aromatic heterocycles. The second-order valence-electron chi connectivity index (χ2n) is 29.1. The number of nitrogens with one attached hydrogen (secondary N) is 1. The zero-order chi connectivity index (χ0) is 102. The van der Waals surface area contributed by atoms with Gasteiger partial charge in [0.05, 0.1) is 107 Å². The van der Waals surface area contributed by atoms with E-state index in [-0.39, 0.29) is 65.4 Å². The molecule has 41 heteroatoms. The summed E-state index contributed by atoms with van der Waals surface area (Å²) in [5, 5.41) is 5.38. The average molecular weight is 2160 g/mol. The van der Waals surface area contributed by atoms with Crippen LogP contribution >= 0.6 is 161 Å². The highest BCUT2D eigenvalue weighted by molar-refractivity contribution is 7.23. The van der Waals surface area contributed by atoms with Crippen molar-refractivity contribution in [3.05, 3.63) is 331 Å². The molecule has 0 fully saturated rings. The van der Waals surface area contributed by atoms with Gasteiger partial charge < -0.3 is 56.4 Å². The summed E-state index contributed by atoms with van der Waals surface area (Å²) in [5.74, 6) is -1.28. The maximum atomic E-state index is 12.1. The molecular weight excluding hydrogens is 2070 g/mol. The molecule has 10 heterocycles. The number of rotatable bonds is 20. The smallest absolute Gasteiger partial charge is 0.366 e. The van der Waals surface area contributed by atoms with Crippen LogP contribution in [0.5, 0.6) is 0 Å². The van der Waals surface area contributed by atoms with Crippen LogP contribution in [0.1, 0.15) is 115 Å². The van der Waals surface area contributed by atoms with Gasteiger partial charge in [-0.05, 0) is 98.2 Å². The van der Waals surface area contributed by atoms with Crippen LogP contribution in [-0.4, -0.2) is 125 Å². The third kappa shape index (κ3) is 27.8. The van der Waals surface area contributed by atoms with Crippen molar-refractivity contribution in [1.82, 2.24) is 22.2 Å². The average Bonchev–Trinajstić information content (AvgIpc) is 1.63. The van der Waals surface area contributed by atoms with E-state index >= 15 is 0 Å². The van der Waals surface area contributed by atoms with E-state index in [1.807, 2.05) is 264 Å². The molecule has 0 spiro atoms. The van der Waals surface area contributed by atoms with E-state index in [9.17, 15) is 47.9 Å². The van der Waals surface area contributed by atoms with Gasteiger partial charge in [0.15, 0.2) is 5.78 Å². The number of aromatic nitrogens is 5. The molecule has 1 aliphatic rings. The van der Waals surface area contributed by atoms with Gasteiger partial charge in [-0.3, -0.25) is 14.6 Å². The van der Waals surface area contributed by atoms with Gasteiger partial charge in [0, 0.05) is 83.0 Å². The molecule has 728 valence electrons. The van der Waals surface area contributed by atoms with E-state index in [0.29, 0.717) is 112 Å². The number of H-pyrrole nitrogens is 1. The Hall–Kier alpha value is -12.5. The molecule has 27 nitrogen and oxygen atoms in total. The summed E-state index contributed by atoms with van der Waals surface area (Å²) in [6.45, 7) is 12.8. The van der Waals surface area contributed by atoms with Crippen molar-refractivity contribution >= 4 is 244 Å². The molecule has 0 saturated heterocycles. The zero-order valence-corrected chi connectivity index (χ0v) is 87.5. The lowest BCUT2D eigenvalue weighted by atomic mass is 10.1. The topological polar surface area (TPSA) is 383 Å². The Morgan fingerprint density at radius 1 is 0.386 bits per heavy atom. The number of hydrogen-bond donors (Lipinski definition) is 5. The highest BCUT2D eigenvalue weighted by atomic mass is 35.5. The molecule has 1 aliphatic heterocycles. The van der Waals surface area contributed by atoms with Gasteiger partial charge in [-0.15, -0.1) is 91.6 Å². The summed E-state index contributed by atoms with van der Waals surface area (Å²) in [4.78, 5) is 138. The number of fused-ring (bicyclic) bond motifs is 2. The number of Topliss-reactive ketones (excluding diaryl/α,β-unsaturated/α-hetero) is 1. The SMILES string of the molecule is CCOC(=O)c1c(N(C)C)sc(-c2ccccc2)c1Cl.CCOC(=O)c1c(N)sc(-c2ccccc2)c1Cl.CCOC(=O)c1cc(-c2ccccc2)sc1CC.CCOC(=O)c1cc(-c2ccccc2)sc1N.CCOC(=O)c1cc(-c2ccccc2)sc1N(C)C.NC1=Nc2sc(-c3ccccc3)c(Cl)c2C(=O)C1.Nc1nc2sc(-c3ccccc3)c(Cl)c2c(=O)[nH]1.O=c1n(Cl)c(=O)n(Cl)c(=O)n1Cl. The van der Waals surface area contributed by atoms with Crippen molar-refractivity contribution in [2.24, 2.45) is 10.7 Å². The van der Waals surface area contributed by atoms with E-state index in [1.165, 1.54) is 56.7 Å². The summed E-state index contributed by atoms with van der Waals surface area (Å²) in [6, 6.07) is 74.4. The second-order valence-corrected chi connectivity index (χ2v) is 38.9. The third-order valence-electron chi connectivity index (χ3n) is 19.1. The normalized spacial score (nSPS) is 10.9. The standard InChI is InChI=1S/C15H16ClNO2S.C15H17NO2S.C15H16O2S.C13H9ClN2OS.C13H12ClNO2S.C13H13NO2S.C12H8ClN3OS.C3Cl3N3O3/c1-4-19-15(18)11-12(16)13(20-14(11)17(2)3)10-8-6-5-7-9-10;1-4-18-15(17)12-10-13(19-14(12)16(2)3)11-8-6-5-7-9-11;1-3-13-12(15(16)17-4-2)10-14(18-13)11-8-6-5-7-9-11;14-11-10-8(17)6-9(15)16-13(10)18-12(11)7-4-2-1-3-5-7;1-2-17-13(16)9-10(14)11(18-12(9)15)8-6-4-3-5-7-8;1-2-16-13(15)10-8-11(17-12(10)14)9-6-4-3-5-7-9;13-8-7-10(17)15-12(14)16-11(7)18-9(8)6-4-2-1-3-5-6;4-7-1(10)8(5)3(12)9(6)2(7)11/h5-9H,4H2,1-3H3;5-10H,4H2,1-3H3;5-10H,3-4H2,1-2H3;1-5H,6H2,(H2,15,16);3-7H,2,15H2,1H3;3-8H,2,14H2,1H3;1-5H,(H3,14,15,16,17);. The number of ether oxygens (including phenoxy) is 5. The first kappa shape index (κ1) is 110. The maximum absolute atomic E-state index is 12.1. The largest absolute Gasteiger partial charge is 0.462 e. The number of anilines is 5. The number of hydrogen-bond acceptors (Lipinski definition) is 30. The molecule has 0 saturated carbocycles. The van der Waals surface area contributed by atoms with Crippen LogP contribution in [-0.2, 0) is 30.1 Å². The quantitative estimate of drug-likeness (QED) is 0.0349. The number of aryl methyl sites for hydroxylation is 1. The predicted molar refractivity (Wildman–Crippen MR) is 579 cm³/mol. The fraction of sp³-hybridized carbons (Fsp3) is 0.172. The van der Waals surface area contributed by atoms with E-state index in [0.717, 1.165) is 94.4 Å². The Bertz CT molecular complexity index is 7190. The first-order valence-electron chi connectivity index (χ1n) is 42.4. The van der Waals surface area contributed by atoms with Crippen LogP contribution in [0.3, 0.4) is 0 Å². The number of benzene rings is 7. The van der Waals surface area contributed by atoms with Crippen LogP contribution in [0.4, 0.5) is 31.0 Å². The molecule has 0 unspecified atom stereocenters. The molecule has 17 rings (SSSR count). The first-order valence-corrected chi connectivity index (χ1v) is 50.7. The van der Waals surface area contributed by atoms with Crippen molar-refractivity contribution in [2.45, 2.75) is 54.4 Å². The lowest BCUT2D eigenvalue weighted by Crippen LogP contribution is -2.47. The number of nitrogens with two attached hydrogens (primary N) is 4. The molecule has 0 bridgehead atoms.